The monoisotopic (exact) mass is 878 g/mol. The highest BCUT2D eigenvalue weighted by Gasteiger charge is 2.55. The van der Waals surface area contributed by atoms with Gasteiger partial charge in [-0.15, -0.1) is 12.3 Å². The Morgan fingerprint density at radius 1 is 1.13 bits per heavy atom. The average Bonchev–Trinajstić information content (AvgIpc) is 3.81. The van der Waals surface area contributed by atoms with Crippen LogP contribution in [0.3, 0.4) is 0 Å². The van der Waals surface area contributed by atoms with E-state index >= 15 is 0 Å². The lowest BCUT2D eigenvalue weighted by Crippen LogP contribution is -2.58. The molecule has 340 valence electrons. The second kappa shape index (κ2) is 22.3. The summed E-state index contributed by atoms with van der Waals surface area (Å²) >= 11 is 6.28. The van der Waals surface area contributed by atoms with Crippen LogP contribution in [0.15, 0.2) is 34.5 Å². The molecule has 1 spiro atoms. The lowest BCUT2D eigenvalue weighted by molar-refractivity contribution is -0.152. The SMILES string of the molecule is C#CC[C@H](C(=O)N[C@H](C(=O)N1C[C@@]2(CC(c3cccc(Cl)c3)=NO2)C[C@H]1C(=O)C[C@@H](CCC)C(O)C(=O)CC1CC1)C(C)(C)C)C1CCCCC1.CC(C)(C)C(=O)OCN=[N+]=[N-]. The number of amides is 2. The number of carbonyl (C=O) groups excluding carboxylic acids is 5. The molecule has 1 unspecified atom stereocenters. The summed E-state index contributed by atoms with van der Waals surface area (Å²) < 4.78 is 4.59. The van der Waals surface area contributed by atoms with Crippen molar-refractivity contribution in [3.05, 3.63) is 45.3 Å². The average molecular weight is 880 g/mol. The lowest BCUT2D eigenvalue weighted by atomic mass is 9.77. The minimum Gasteiger partial charge on any atom is -0.459 e. The summed E-state index contributed by atoms with van der Waals surface area (Å²) in [6.07, 6.45) is 14.0. The van der Waals surface area contributed by atoms with Crippen LogP contribution >= 0.6 is 11.6 Å². The number of benzene rings is 1. The molecule has 5 rings (SSSR count). The largest absolute Gasteiger partial charge is 0.459 e. The summed E-state index contributed by atoms with van der Waals surface area (Å²) in [4.78, 5) is 77.3. The standard InChI is InChI=1S/C41H56ClN3O6.C6H11N3O2/c1-6-12-29(36(48)35(47)20-26-18-19-26)22-34(46)33-24-41(23-32(44-51-41)28-16-11-17-30(42)21-28)25-45(33)39(50)37(40(3,4)5)43-38(49)31(13-7-2)27-14-9-8-10-15-27;1-6(2,3)5(10)11-4-8-9-7/h2,11,16-17,21,26-27,29,31,33,36-37,48H,6,8-10,12-15,18-20,22-25H2,1,3-5H3,(H,43,49);4H2,1-3H3/t29-,31+,33+,36?,37-,41-;/m1./s1. The molecule has 15 heteroatoms. The van der Waals surface area contributed by atoms with E-state index < -0.39 is 46.5 Å². The zero-order valence-electron chi connectivity index (χ0n) is 37.7. The van der Waals surface area contributed by atoms with Crippen LogP contribution in [0.1, 0.15) is 144 Å². The fourth-order valence-corrected chi connectivity index (χ4v) is 8.85. The van der Waals surface area contributed by atoms with Gasteiger partial charge >= 0.3 is 5.97 Å². The van der Waals surface area contributed by atoms with Crippen LogP contribution in [0.4, 0.5) is 0 Å². The van der Waals surface area contributed by atoms with Gasteiger partial charge in [-0.05, 0) is 93.7 Å². The van der Waals surface area contributed by atoms with E-state index in [1.54, 1.807) is 31.7 Å². The Balaban J connectivity index is 0.000000675. The number of nitrogens with zero attached hydrogens (tertiary/aromatic N) is 5. The fourth-order valence-electron chi connectivity index (χ4n) is 8.66. The van der Waals surface area contributed by atoms with E-state index in [0.29, 0.717) is 48.8 Å². The molecule has 2 aliphatic heterocycles. The summed E-state index contributed by atoms with van der Waals surface area (Å²) in [7, 11) is 0. The van der Waals surface area contributed by atoms with Gasteiger partial charge in [0.05, 0.1) is 29.6 Å². The predicted octanol–water partition coefficient (Wildman–Crippen LogP) is 8.50. The van der Waals surface area contributed by atoms with Crippen LogP contribution in [0.25, 0.3) is 10.4 Å². The topological polar surface area (TPSA) is 200 Å². The van der Waals surface area contributed by atoms with Gasteiger partial charge in [-0.3, -0.25) is 24.0 Å². The van der Waals surface area contributed by atoms with Crippen molar-refractivity contribution in [1.29, 1.82) is 0 Å². The third-order valence-corrected chi connectivity index (χ3v) is 12.6. The fraction of sp³-hybridized carbons (Fsp3) is 0.702. The Morgan fingerprint density at radius 2 is 1.82 bits per heavy atom. The van der Waals surface area contributed by atoms with E-state index in [2.05, 4.69) is 31.2 Å². The Labute approximate surface area is 372 Å². The van der Waals surface area contributed by atoms with E-state index in [9.17, 15) is 29.1 Å². The zero-order valence-corrected chi connectivity index (χ0v) is 38.4. The third-order valence-electron chi connectivity index (χ3n) is 12.4. The minimum absolute atomic E-state index is 0.0452. The van der Waals surface area contributed by atoms with Gasteiger partial charge in [-0.25, -0.2) is 0 Å². The molecule has 2 saturated carbocycles. The number of ketones is 2. The molecular formula is C47H67ClN6O8. The van der Waals surface area contributed by atoms with Gasteiger partial charge in [-0.1, -0.05) is 87.4 Å². The Bertz CT molecular complexity index is 1880. The number of hydrogen-bond acceptors (Lipinski definition) is 10. The van der Waals surface area contributed by atoms with Crippen LogP contribution in [-0.2, 0) is 33.5 Å². The van der Waals surface area contributed by atoms with Crippen molar-refractivity contribution in [1.82, 2.24) is 10.2 Å². The molecule has 2 N–H and O–H groups in total. The lowest BCUT2D eigenvalue weighted by Gasteiger charge is -2.37. The van der Waals surface area contributed by atoms with Gasteiger partial charge in [0.25, 0.3) is 0 Å². The van der Waals surface area contributed by atoms with Gasteiger partial charge < -0.3 is 24.9 Å². The van der Waals surface area contributed by atoms with Crippen molar-refractivity contribution in [3.63, 3.8) is 0 Å². The summed E-state index contributed by atoms with van der Waals surface area (Å²) in [5, 5.41) is 22.3. The smallest absolute Gasteiger partial charge is 0.311 e. The maximum Gasteiger partial charge on any atom is 0.311 e. The van der Waals surface area contributed by atoms with Crippen molar-refractivity contribution < 1.29 is 38.7 Å². The Kier molecular flexibility index (Phi) is 18.0. The third kappa shape index (κ3) is 14.0. The van der Waals surface area contributed by atoms with E-state index in [-0.39, 0.29) is 61.4 Å². The maximum absolute atomic E-state index is 14.8. The molecule has 2 heterocycles. The number of oxime groups is 1. The number of carbonyl (C=O) groups is 5. The summed E-state index contributed by atoms with van der Waals surface area (Å²) in [5.74, 6) is 0.814. The van der Waals surface area contributed by atoms with Crippen molar-refractivity contribution in [3.8, 4) is 12.3 Å². The van der Waals surface area contributed by atoms with Crippen molar-refractivity contribution in [2.45, 2.75) is 162 Å². The molecule has 2 aliphatic carbocycles. The van der Waals surface area contributed by atoms with Crippen LogP contribution in [0.5, 0.6) is 0 Å². The number of likely N-dealkylation sites (tertiary alicyclic amines) is 1. The number of Topliss-reactive ketones (excluding diaryl/α,β-unsaturated/α-hetero) is 2. The molecule has 0 aromatic heterocycles. The second-order valence-corrected chi connectivity index (χ2v) is 20.2. The van der Waals surface area contributed by atoms with Crippen LogP contribution in [0.2, 0.25) is 5.02 Å². The van der Waals surface area contributed by atoms with Crippen LogP contribution in [-0.4, -0.2) is 82.1 Å². The summed E-state index contributed by atoms with van der Waals surface area (Å²) in [5.41, 5.74) is 7.13. The molecule has 0 bridgehead atoms. The van der Waals surface area contributed by atoms with E-state index in [1.807, 2.05) is 45.9 Å². The first kappa shape index (κ1) is 50.2. The molecule has 6 atom stereocenters. The van der Waals surface area contributed by atoms with E-state index in [4.69, 9.17) is 28.4 Å². The Hall–Kier alpha value is -4.44. The molecule has 2 amide bonds. The number of hydrogen-bond donors (Lipinski definition) is 2. The van der Waals surface area contributed by atoms with Crippen LogP contribution in [0, 0.1) is 46.8 Å². The number of nitrogens with one attached hydrogen (secondary N) is 1. The molecule has 1 saturated heterocycles. The summed E-state index contributed by atoms with van der Waals surface area (Å²) in [6.45, 7) is 12.7. The predicted molar refractivity (Wildman–Crippen MR) is 237 cm³/mol. The van der Waals surface area contributed by atoms with Crippen LogP contribution < -0.4 is 5.32 Å². The van der Waals surface area contributed by atoms with Crippen molar-refractivity contribution in [2.24, 2.45) is 44.8 Å². The molecule has 1 aromatic rings. The number of ether oxygens (including phenoxy) is 1. The van der Waals surface area contributed by atoms with Gasteiger partial charge in [-0.2, -0.15) is 0 Å². The number of aliphatic hydroxyl groups excluding tert-OH is 1. The first-order chi connectivity index (χ1) is 29.2. The quantitative estimate of drug-likeness (QED) is 0.0510. The minimum atomic E-state index is -1.23. The molecule has 62 heavy (non-hydrogen) atoms. The molecule has 14 nitrogen and oxygen atoms in total. The van der Waals surface area contributed by atoms with Gasteiger partial charge in [0, 0.05) is 47.6 Å². The molecule has 1 aromatic carbocycles. The first-order valence-corrected chi connectivity index (χ1v) is 22.6. The molecule has 4 aliphatic rings. The summed E-state index contributed by atoms with van der Waals surface area (Å²) in [6, 6.07) is 5.49. The first-order valence-electron chi connectivity index (χ1n) is 22.2. The maximum atomic E-state index is 14.8. The van der Waals surface area contributed by atoms with Crippen molar-refractivity contribution in [2.75, 3.05) is 13.3 Å². The number of azide groups is 1. The highest BCUT2D eigenvalue weighted by atomic mass is 35.5. The number of esters is 1. The Morgan fingerprint density at radius 3 is 2.40 bits per heavy atom. The van der Waals surface area contributed by atoms with Gasteiger partial charge in [0.15, 0.2) is 23.9 Å². The highest BCUT2D eigenvalue weighted by Crippen LogP contribution is 2.42. The van der Waals surface area contributed by atoms with Gasteiger partial charge in [0.2, 0.25) is 11.8 Å². The molecule has 0 radical (unpaired) electrons. The van der Waals surface area contributed by atoms with E-state index in [1.165, 1.54) is 0 Å². The number of rotatable bonds is 17. The zero-order chi connectivity index (χ0) is 45.8. The van der Waals surface area contributed by atoms with E-state index in [0.717, 1.165) is 50.5 Å². The normalized spacial score (nSPS) is 22.0. The highest BCUT2D eigenvalue weighted by molar-refractivity contribution is 6.31. The number of aliphatic hydroxyl groups is 1. The van der Waals surface area contributed by atoms with Crippen molar-refractivity contribution >= 4 is 46.7 Å². The molecule has 3 fully saturated rings. The number of terminal acetylenes is 1. The molecular weight excluding hydrogens is 812 g/mol. The number of halogens is 1. The second-order valence-electron chi connectivity index (χ2n) is 19.7. The van der Waals surface area contributed by atoms with Gasteiger partial charge in [0.1, 0.15) is 12.1 Å².